The van der Waals surface area contributed by atoms with Crippen LogP contribution >= 0.6 is 11.3 Å². The first-order valence-corrected chi connectivity index (χ1v) is 15.6. The fraction of sp³-hybridized carbons (Fsp3) is 0.433. The molecule has 189 valence electrons. The van der Waals surface area contributed by atoms with E-state index in [0.29, 0.717) is 16.6 Å². The van der Waals surface area contributed by atoms with Crippen molar-refractivity contribution in [1.29, 1.82) is 0 Å². The van der Waals surface area contributed by atoms with Gasteiger partial charge in [-0.25, -0.2) is 0 Å². The summed E-state index contributed by atoms with van der Waals surface area (Å²) in [5.41, 5.74) is 5.65. The second-order valence-electron chi connectivity index (χ2n) is 10.1. The third-order valence-electron chi connectivity index (χ3n) is 6.29. The monoisotopic (exact) mass is 577 g/mol. The fourth-order valence-corrected chi connectivity index (χ4v) is 7.86. The zero-order chi connectivity index (χ0) is 24.9. The molecule has 2 aromatic carbocycles. The van der Waals surface area contributed by atoms with Gasteiger partial charge in [-0.1, -0.05) is 0 Å². The van der Waals surface area contributed by atoms with Crippen LogP contribution in [0.15, 0.2) is 60.0 Å². The molecule has 1 aromatic heterocycles. The summed E-state index contributed by atoms with van der Waals surface area (Å²) in [7, 11) is 0. The van der Waals surface area contributed by atoms with E-state index in [1.165, 1.54) is 27.3 Å². The van der Waals surface area contributed by atoms with Crippen molar-refractivity contribution in [1.82, 2.24) is 4.90 Å². The first-order chi connectivity index (χ1) is 16.8. The average molecular weight is 577 g/mol. The van der Waals surface area contributed by atoms with E-state index in [9.17, 15) is 0 Å². The molecule has 0 N–H and O–H groups in total. The van der Waals surface area contributed by atoms with Gasteiger partial charge in [0.25, 0.3) is 0 Å². The summed E-state index contributed by atoms with van der Waals surface area (Å²) in [6, 6.07) is 19.9. The van der Waals surface area contributed by atoms with Crippen LogP contribution in [0.3, 0.4) is 0 Å². The third kappa shape index (κ3) is 6.31. The van der Waals surface area contributed by atoms with E-state index in [4.69, 9.17) is 4.74 Å². The molecule has 2 heterocycles. The van der Waals surface area contributed by atoms with Crippen LogP contribution in [-0.2, 0) is 23.2 Å². The molecule has 0 radical (unpaired) electrons. The topological polar surface area (TPSA) is 15.7 Å². The van der Waals surface area contributed by atoms with Gasteiger partial charge in [0.05, 0.1) is 0 Å². The standard InChI is InChI=1S/C20H27N2S.C10H12O.Ru/c1-15(2)18-8-5-9-19(16(3)4)20(18)22-11-10-21(14-22)13-17-7-6-12-23-17;1-8(2)11-10-7-5-4-6-9(10)3;/h5-9,12,14-16H,10-11,13H2,1-4H3;3-8H,1-2H3;. The van der Waals surface area contributed by atoms with Gasteiger partial charge in [-0.2, -0.15) is 0 Å². The SMILES string of the molecule is CC(C)Oc1ccccc1[CH]=[Ru][CH]1N(Cc2cccs2)CCN1c1c(C(C)C)cccc1C(C)C. The fourth-order valence-electron chi connectivity index (χ4n) is 4.63. The Kier molecular flexibility index (Phi) is 8.97. The molecule has 1 atom stereocenters. The molecule has 1 saturated heterocycles. The number of benzene rings is 2. The number of nitrogens with zero attached hydrogens (tertiary/aromatic N) is 2. The predicted molar refractivity (Wildman–Crippen MR) is 148 cm³/mol. The normalized spacial score (nSPS) is 17.2. The molecular formula is C30H39N2ORuS. The Morgan fingerprint density at radius 2 is 1.63 bits per heavy atom. The van der Waals surface area contributed by atoms with Gasteiger partial charge in [0.15, 0.2) is 0 Å². The van der Waals surface area contributed by atoms with Crippen molar-refractivity contribution in [3.63, 3.8) is 0 Å². The van der Waals surface area contributed by atoms with E-state index in [1.807, 2.05) is 11.3 Å². The van der Waals surface area contributed by atoms with Gasteiger partial charge in [-0.15, -0.1) is 0 Å². The molecule has 3 aromatic rings. The zero-order valence-corrected chi connectivity index (χ0v) is 24.4. The van der Waals surface area contributed by atoms with Crippen LogP contribution in [0.5, 0.6) is 5.75 Å². The number of para-hydroxylation sites is 2. The molecule has 1 unspecified atom stereocenters. The van der Waals surface area contributed by atoms with Crippen LogP contribution < -0.4 is 9.64 Å². The maximum atomic E-state index is 6.14. The second kappa shape index (κ2) is 12.0. The molecule has 3 nitrogen and oxygen atoms in total. The summed E-state index contributed by atoms with van der Waals surface area (Å²) in [5.74, 6) is 1.99. The molecule has 0 spiro atoms. The molecule has 0 bridgehead atoms. The van der Waals surface area contributed by atoms with Crippen molar-refractivity contribution >= 4 is 21.6 Å². The Balaban J connectivity index is 1.75. The maximum absolute atomic E-state index is 6.14. The summed E-state index contributed by atoms with van der Waals surface area (Å²) in [4.78, 5) is 6.88. The van der Waals surface area contributed by atoms with Crippen molar-refractivity contribution in [3.8, 4) is 5.75 Å². The van der Waals surface area contributed by atoms with Gasteiger partial charge in [0, 0.05) is 0 Å². The Bertz CT molecular complexity index is 1100. The quantitative estimate of drug-likeness (QED) is 0.248. The van der Waals surface area contributed by atoms with Gasteiger partial charge < -0.3 is 0 Å². The van der Waals surface area contributed by atoms with Crippen LogP contribution in [0, 0.1) is 0 Å². The van der Waals surface area contributed by atoms with Crippen LogP contribution in [0.1, 0.15) is 74.9 Å². The van der Waals surface area contributed by atoms with Crippen LogP contribution in [0.25, 0.3) is 0 Å². The number of hydrogen-bond acceptors (Lipinski definition) is 4. The number of thiophene rings is 1. The number of rotatable bonds is 9. The van der Waals surface area contributed by atoms with E-state index < -0.39 is 0 Å². The minimum atomic E-state index is -0.0753. The molecule has 1 aliphatic rings. The molecule has 5 heteroatoms. The minimum absolute atomic E-state index is 0.0753. The van der Waals surface area contributed by atoms with Gasteiger partial charge in [0.2, 0.25) is 0 Å². The van der Waals surface area contributed by atoms with E-state index in [1.54, 1.807) is 0 Å². The number of hydrogen-bond donors (Lipinski definition) is 0. The van der Waals surface area contributed by atoms with Gasteiger partial charge in [-0.05, 0) is 0 Å². The molecule has 0 aliphatic carbocycles. The Labute approximate surface area is 223 Å². The van der Waals surface area contributed by atoms with E-state index >= 15 is 0 Å². The first kappa shape index (κ1) is 26.3. The molecule has 0 saturated carbocycles. The van der Waals surface area contributed by atoms with Gasteiger partial charge in [-0.3, -0.25) is 0 Å². The average Bonchev–Trinajstić information content (AvgIpc) is 3.47. The van der Waals surface area contributed by atoms with E-state index in [0.717, 1.165) is 25.4 Å². The predicted octanol–water partition coefficient (Wildman–Crippen LogP) is 7.32. The summed E-state index contributed by atoms with van der Waals surface area (Å²) in [6.07, 6.45) is 0.171. The Morgan fingerprint density at radius 1 is 0.914 bits per heavy atom. The molecule has 0 amide bonds. The molecule has 35 heavy (non-hydrogen) atoms. The molecule has 1 fully saturated rings. The molecule has 1 aliphatic heterocycles. The van der Waals surface area contributed by atoms with Gasteiger partial charge in [0.1, 0.15) is 0 Å². The van der Waals surface area contributed by atoms with Crippen molar-refractivity contribution in [2.45, 2.75) is 70.8 Å². The number of anilines is 1. The van der Waals surface area contributed by atoms with Crippen molar-refractivity contribution < 1.29 is 21.4 Å². The summed E-state index contributed by atoms with van der Waals surface area (Å²) >= 11 is 1.79. The Hall–Kier alpha value is -1.81. The number of ether oxygens (including phenoxy) is 1. The van der Waals surface area contributed by atoms with E-state index in [2.05, 4.69) is 116 Å². The third-order valence-corrected chi connectivity index (χ3v) is 9.68. The van der Waals surface area contributed by atoms with Crippen LogP contribution in [-0.4, -0.2) is 33.5 Å². The van der Waals surface area contributed by atoms with Crippen molar-refractivity contribution in [2.24, 2.45) is 0 Å². The summed E-state index contributed by atoms with van der Waals surface area (Å²) in [5, 5.41) is 2.20. The van der Waals surface area contributed by atoms with Gasteiger partial charge >= 0.3 is 224 Å². The van der Waals surface area contributed by atoms with Crippen LogP contribution in [0.4, 0.5) is 5.69 Å². The van der Waals surface area contributed by atoms with E-state index in [-0.39, 0.29) is 22.8 Å². The second-order valence-corrected chi connectivity index (χ2v) is 13.1. The summed E-state index contributed by atoms with van der Waals surface area (Å²) in [6.45, 7) is 16.7. The zero-order valence-electron chi connectivity index (χ0n) is 21.8. The first-order valence-electron chi connectivity index (χ1n) is 12.7. The van der Waals surface area contributed by atoms with Crippen molar-refractivity contribution in [3.05, 3.63) is 81.5 Å². The molecular weight excluding hydrogens is 537 g/mol. The Morgan fingerprint density at radius 3 is 2.26 bits per heavy atom. The summed E-state index contributed by atoms with van der Waals surface area (Å²) < 4.78 is 9.01. The van der Waals surface area contributed by atoms with Crippen LogP contribution in [0.2, 0.25) is 0 Å². The molecule has 4 rings (SSSR count). The van der Waals surface area contributed by atoms with Crippen molar-refractivity contribution in [2.75, 3.05) is 18.0 Å².